The third kappa shape index (κ3) is 6.04. The van der Waals surface area contributed by atoms with Gasteiger partial charge in [-0.15, -0.1) is 24.0 Å². The van der Waals surface area contributed by atoms with Crippen molar-refractivity contribution in [3.8, 4) is 5.75 Å². The van der Waals surface area contributed by atoms with Crippen molar-refractivity contribution in [2.75, 3.05) is 59.3 Å². The Labute approximate surface area is 208 Å². The van der Waals surface area contributed by atoms with E-state index in [-0.39, 0.29) is 24.0 Å². The van der Waals surface area contributed by atoms with Gasteiger partial charge in [-0.2, -0.15) is 0 Å². The normalized spacial score (nSPS) is 14.8. The number of guanidine groups is 1. The number of nitrogens with zero attached hydrogens (tertiary/aromatic N) is 4. The number of sulfonamides is 1. The molecule has 3 rings (SSSR count). The minimum Gasteiger partial charge on any atom is -0.497 e. The van der Waals surface area contributed by atoms with Crippen LogP contribution in [0.15, 0.2) is 58.4 Å². The zero-order chi connectivity index (χ0) is 22.4. The number of piperazine rings is 1. The number of hydrogen-bond donors (Lipinski definition) is 1. The molecule has 0 saturated carbocycles. The molecule has 0 bridgehead atoms. The van der Waals surface area contributed by atoms with Gasteiger partial charge in [-0.3, -0.25) is 4.99 Å². The maximum Gasteiger partial charge on any atom is 0.242 e. The molecule has 8 nitrogen and oxygen atoms in total. The number of aliphatic imine (C=N–C) groups is 1. The number of anilines is 1. The molecule has 1 N–H and O–H groups in total. The Morgan fingerprint density at radius 1 is 1.09 bits per heavy atom. The molecule has 32 heavy (non-hydrogen) atoms. The van der Waals surface area contributed by atoms with E-state index in [0.29, 0.717) is 17.0 Å². The Hall–Kier alpha value is -2.05. The lowest BCUT2D eigenvalue weighted by Gasteiger charge is -2.37. The summed E-state index contributed by atoms with van der Waals surface area (Å²) < 4.78 is 31.8. The van der Waals surface area contributed by atoms with Crippen molar-refractivity contribution in [3.05, 3.63) is 54.1 Å². The Balaban J connectivity index is 0.00000363. The van der Waals surface area contributed by atoms with E-state index in [1.165, 1.54) is 4.31 Å². The molecule has 1 fully saturated rings. The molecule has 0 amide bonds. The van der Waals surface area contributed by atoms with Gasteiger partial charge in [0.15, 0.2) is 5.96 Å². The molecule has 0 atom stereocenters. The van der Waals surface area contributed by atoms with Crippen LogP contribution in [-0.2, 0) is 16.6 Å². The quantitative estimate of drug-likeness (QED) is 0.325. The van der Waals surface area contributed by atoms with Crippen molar-refractivity contribution in [2.24, 2.45) is 4.99 Å². The average molecular weight is 574 g/mol. The first-order valence-electron chi connectivity index (χ1n) is 10.2. The largest absolute Gasteiger partial charge is 0.497 e. The van der Waals surface area contributed by atoms with Gasteiger partial charge < -0.3 is 19.9 Å². The van der Waals surface area contributed by atoms with Gasteiger partial charge in [-0.05, 0) is 23.8 Å². The molecular weight excluding hydrogens is 541 g/mol. The van der Waals surface area contributed by atoms with Gasteiger partial charge in [0.05, 0.1) is 12.0 Å². The van der Waals surface area contributed by atoms with Crippen LogP contribution in [0.25, 0.3) is 0 Å². The van der Waals surface area contributed by atoms with Crippen LogP contribution in [0.3, 0.4) is 0 Å². The molecule has 0 spiro atoms. The maximum atomic E-state index is 12.6. The van der Waals surface area contributed by atoms with E-state index < -0.39 is 10.0 Å². The van der Waals surface area contributed by atoms with Crippen LogP contribution < -0.4 is 15.0 Å². The summed E-state index contributed by atoms with van der Waals surface area (Å²) in [6.45, 7) is 3.73. The minimum atomic E-state index is -3.51. The summed E-state index contributed by atoms with van der Waals surface area (Å²) in [6.07, 6.45) is 0. The summed E-state index contributed by atoms with van der Waals surface area (Å²) in [7, 11) is 3.00. The summed E-state index contributed by atoms with van der Waals surface area (Å²) in [4.78, 5) is 9.24. The predicted molar refractivity (Wildman–Crippen MR) is 140 cm³/mol. The molecule has 2 aromatic rings. The number of nitrogens with one attached hydrogen (secondary N) is 1. The third-order valence-electron chi connectivity index (χ3n) is 5.38. The summed E-state index contributed by atoms with van der Waals surface area (Å²) in [6, 6.07) is 15.1. The monoisotopic (exact) mass is 573 g/mol. The van der Waals surface area contributed by atoms with Gasteiger partial charge in [-0.1, -0.05) is 24.3 Å². The first kappa shape index (κ1) is 26.2. The van der Waals surface area contributed by atoms with E-state index in [0.717, 1.165) is 43.6 Å². The molecule has 2 aromatic carbocycles. The molecule has 0 aromatic heterocycles. The molecule has 1 aliphatic heterocycles. The number of rotatable bonds is 6. The molecular formula is C22H32IN5O3S. The highest BCUT2D eigenvalue weighted by molar-refractivity contribution is 14.0. The molecule has 1 heterocycles. The van der Waals surface area contributed by atoms with Gasteiger partial charge in [0, 0.05) is 65.6 Å². The van der Waals surface area contributed by atoms with Crippen molar-refractivity contribution >= 4 is 45.6 Å². The minimum absolute atomic E-state index is 0. The summed E-state index contributed by atoms with van der Waals surface area (Å²) in [5.74, 6) is 1.62. The maximum absolute atomic E-state index is 12.6. The second-order valence-electron chi connectivity index (χ2n) is 7.47. The van der Waals surface area contributed by atoms with Crippen molar-refractivity contribution < 1.29 is 13.2 Å². The SMILES string of the molecule is CN=C(NCc1ccccc1S(=O)(=O)N(C)C)N1CCN(c2cccc(OC)c2)CC1.I. The Morgan fingerprint density at radius 2 is 1.78 bits per heavy atom. The van der Waals surface area contributed by atoms with Crippen LogP contribution in [0, 0.1) is 0 Å². The fraction of sp³-hybridized carbons (Fsp3) is 0.409. The molecule has 10 heteroatoms. The predicted octanol–water partition coefficient (Wildman–Crippen LogP) is 2.46. The summed E-state index contributed by atoms with van der Waals surface area (Å²) in [5.41, 5.74) is 1.86. The lowest BCUT2D eigenvalue weighted by molar-refractivity contribution is 0.371. The van der Waals surface area contributed by atoms with E-state index >= 15 is 0 Å². The first-order valence-corrected chi connectivity index (χ1v) is 11.7. The zero-order valence-corrected chi connectivity index (χ0v) is 22.1. The van der Waals surface area contributed by atoms with Crippen LogP contribution in [0.1, 0.15) is 5.56 Å². The lowest BCUT2D eigenvalue weighted by atomic mass is 10.2. The fourth-order valence-corrected chi connectivity index (χ4v) is 4.70. The van der Waals surface area contributed by atoms with E-state index in [4.69, 9.17) is 4.74 Å². The van der Waals surface area contributed by atoms with Crippen LogP contribution in [0.2, 0.25) is 0 Å². The zero-order valence-electron chi connectivity index (χ0n) is 19.0. The lowest BCUT2D eigenvalue weighted by Crippen LogP contribution is -2.52. The van der Waals surface area contributed by atoms with Crippen molar-refractivity contribution in [3.63, 3.8) is 0 Å². The van der Waals surface area contributed by atoms with Gasteiger partial charge in [-0.25, -0.2) is 12.7 Å². The standard InChI is InChI=1S/C22H31N5O3S.HI/c1-23-22(24-17-18-8-5-6-11-21(18)31(28,29)25(2)3)27-14-12-26(13-15-27)19-9-7-10-20(16-19)30-4;/h5-11,16H,12-15,17H2,1-4H3,(H,23,24);1H. The fourth-order valence-electron chi connectivity index (χ4n) is 3.59. The molecule has 0 unspecified atom stereocenters. The van der Waals surface area contributed by atoms with Crippen LogP contribution >= 0.6 is 24.0 Å². The number of halogens is 1. The molecule has 1 saturated heterocycles. The highest BCUT2D eigenvalue weighted by Gasteiger charge is 2.23. The Kier molecular flexibility index (Phi) is 9.59. The van der Waals surface area contributed by atoms with E-state index in [2.05, 4.69) is 26.2 Å². The second kappa shape index (κ2) is 11.7. The first-order chi connectivity index (χ1) is 14.9. The van der Waals surface area contributed by atoms with Crippen LogP contribution in [-0.4, -0.2) is 78.0 Å². The number of methoxy groups -OCH3 is 1. The van der Waals surface area contributed by atoms with E-state index in [1.54, 1.807) is 40.4 Å². The van der Waals surface area contributed by atoms with Crippen molar-refractivity contribution in [2.45, 2.75) is 11.4 Å². The van der Waals surface area contributed by atoms with Gasteiger partial charge >= 0.3 is 0 Å². The average Bonchev–Trinajstić information content (AvgIpc) is 2.80. The number of benzene rings is 2. The molecule has 0 radical (unpaired) electrons. The van der Waals surface area contributed by atoms with Gasteiger partial charge in [0.25, 0.3) is 0 Å². The number of ether oxygens (including phenoxy) is 1. The highest BCUT2D eigenvalue weighted by Crippen LogP contribution is 2.22. The topological polar surface area (TPSA) is 77.5 Å². The van der Waals surface area contributed by atoms with Crippen LogP contribution in [0.5, 0.6) is 5.75 Å². The van der Waals surface area contributed by atoms with Crippen molar-refractivity contribution in [1.29, 1.82) is 0 Å². The van der Waals surface area contributed by atoms with Gasteiger partial charge in [0.1, 0.15) is 5.75 Å². The highest BCUT2D eigenvalue weighted by atomic mass is 127. The molecule has 0 aliphatic carbocycles. The van der Waals surface area contributed by atoms with Crippen molar-refractivity contribution in [1.82, 2.24) is 14.5 Å². The third-order valence-corrected chi connectivity index (χ3v) is 7.29. The Bertz CT molecular complexity index is 1020. The van der Waals surface area contributed by atoms with E-state index in [9.17, 15) is 8.42 Å². The smallest absolute Gasteiger partial charge is 0.242 e. The molecule has 176 valence electrons. The van der Waals surface area contributed by atoms with Gasteiger partial charge in [0.2, 0.25) is 10.0 Å². The molecule has 1 aliphatic rings. The Morgan fingerprint density at radius 3 is 2.41 bits per heavy atom. The summed E-state index contributed by atoms with van der Waals surface area (Å²) in [5, 5.41) is 3.33. The second-order valence-corrected chi connectivity index (χ2v) is 9.59. The van der Waals surface area contributed by atoms with Crippen LogP contribution in [0.4, 0.5) is 5.69 Å². The number of hydrogen-bond acceptors (Lipinski definition) is 5. The van der Waals surface area contributed by atoms with E-state index in [1.807, 2.05) is 30.3 Å². The summed E-state index contributed by atoms with van der Waals surface area (Å²) >= 11 is 0.